The first-order chi connectivity index (χ1) is 7.81. The van der Waals surface area contributed by atoms with Gasteiger partial charge >= 0.3 is 0 Å². The van der Waals surface area contributed by atoms with E-state index in [4.69, 9.17) is 0 Å². The van der Waals surface area contributed by atoms with Gasteiger partial charge in [-0.3, -0.25) is 4.90 Å². The van der Waals surface area contributed by atoms with Gasteiger partial charge in [0.25, 0.3) is 0 Å². The van der Waals surface area contributed by atoms with Crippen molar-refractivity contribution in [2.75, 3.05) is 26.2 Å². The van der Waals surface area contributed by atoms with E-state index in [1.807, 2.05) is 0 Å². The van der Waals surface area contributed by atoms with E-state index in [1.54, 1.807) is 0 Å². The number of fused-ring (bicyclic) bond motifs is 1. The van der Waals surface area contributed by atoms with Gasteiger partial charge in [-0.25, -0.2) is 0 Å². The molecule has 3 unspecified atom stereocenters. The molecule has 94 valence electrons. The number of likely N-dealkylation sites (tertiary alicyclic amines) is 1. The van der Waals surface area contributed by atoms with Gasteiger partial charge in [0.05, 0.1) is 6.10 Å². The van der Waals surface area contributed by atoms with Crippen LogP contribution in [0.5, 0.6) is 0 Å². The summed E-state index contributed by atoms with van der Waals surface area (Å²) < 4.78 is 0. The van der Waals surface area contributed by atoms with E-state index in [0.717, 1.165) is 31.6 Å². The van der Waals surface area contributed by atoms with Crippen LogP contribution in [-0.2, 0) is 0 Å². The molecule has 1 saturated carbocycles. The molecule has 2 aliphatic rings. The van der Waals surface area contributed by atoms with Crippen molar-refractivity contribution < 1.29 is 5.11 Å². The van der Waals surface area contributed by atoms with Gasteiger partial charge < -0.3 is 10.4 Å². The Morgan fingerprint density at radius 2 is 2.12 bits per heavy atom. The van der Waals surface area contributed by atoms with Crippen LogP contribution in [0.2, 0.25) is 0 Å². The third-order valence-electron chi connectivity index (χ3n) is 4.18. The third kappa shape index (κ3) is 2.96. The summed E-state index contributed by atoms with van der Waals surface area (Å²) >= 11 is 0. The van der Waals surface area contributed by atoms with Crippen molar-refractivity contribution in [1.82, 2.24) is 10.2 Å². The van der Waals surface area contributed by atoms with Crippen LogP contribution in [0.1, 0.15) is 39.0 Å². The first kappa shape index (κ1) is 12.3. The average molecular weight is 226 g/mol. The first-order valence-electron chi connectivity index (χ1n) is 6.94. The van der Waals surface area contributed by atoms with Gasteiger partial charge in [-0.2, -0.15) is 0 Å². The highest BCUT2D eigenvalue weighted by Gasteiger charge is 2.35. The van der Waals surface area contributed by atoms with Crippen molar-refractivity contribution in [1.29, 1.82) is 0 Å². The lowest BCUT2D eigenvalue weighted by Gasteiger charge is -2.38. The Balaban J connectivity index is 1.79. The molecule has 3 atom stereocenters. The molecule has 0 aromatic heterocycles. The second-order valence-electron chi connectivity index (χ2n) is 5.36. The normalized spacial score (nSPS) is 32.6. The number of rotatable bonds is 5. The number of aliphatic hydroxyl groups is 1. The van der Waals surface area contributed by atoms with Crippen LogP contribution in [0.3, 0.4) is 0 Å². The number of nitrogens with zero attached hydrogens (tertiary/aromatic N) is 1. The summed E-state index contributed by atoms with van der Waals surface area (Å²) in [6.45, 7) is 5.84. The van der Waals surface area contributed by atoms with E-state index < -0.39 is 0 Å². The Bertz CT molecular complexity index is 210. The van der Waals surface area contributed by atoms with Crippen LogP contribution >= 0.6 is 0 Å². The van der Waals surface area contributed by atoms with E-state index >= 15 is 0 Å². The van der Waals surface area contributed by atoms with Gasteiger partial charge in [0.1, 0.15) is 0 Å². The van der Waals surface area contributed by atoms with Gasteiger partial charge in [0.15, 0.2) is 0 Å². The maximum absolute atomic E-state index is 9.95. The molecule has 2 rings (SSSR count). The van der Waals surface area contributed by atoms with Crippen molar-refractivity contribution in [2.45, 2.75) is 51.2 Å². The SMILES string of the molecule is CCNCC(O)CN1CCCC2CCCC21. The van der Waals surface area contributed by atoms with Gasteiger partial charge in [-0.05, 0) is 44.7 Å². The topological polar surface area (TPSA) is 35.5 Å². The van der Waals surface area contributed by atoms with Crippen LogP contribution in [0.25, 0.3) is 0 Å². The Kier molecular flexibility index (Phi) is 4.62. The van der Waals surface area contributed by atoms with Crippen LogP contribution in [-0.4, -0.2) is 48.3 Å². The monoisotopic (exact) mass is 226 g/mol. The molecule has 3 nitrogen and oxygen atoms in total. The number of nitrogens with one attached hydrogen (secondary N) is 1. The first-order valence-corrected chi connectivity index (χ1v) is 6.94. The lowest BCUT2D eigenvalue weighted by atomic mass is 9.92. The maximum atomic E-state index is 9.95. The second-order valence-corrected chi connectivity index (χ2v) is 5.36. The number of hydrogen-bond donors (Lipinski definition) is 2. The fraction of sp³-hybridized carbons (Fsp3) is 1.00. The molecular formula is C13H26N2O. The molecule has 0 bridgehead atoms. The third-order valence-corrected chi connectivity index (χ3v) is 4.18. The van der Waals surface area contributed by atoms with E-state index in [0.29, 0.717) is 0 Å². The molecule has 1 aliphatic carbocycles. The summed E-state index contributed by atoms with van der Waals surface area (Å²) in [4.78, 5) is 2.54. The second kappa shape index (κ2) is 5.99. The minimum atomic E-state index is -0.195. The Labute approximate surface area is 99.2 Å². The zero-order valence-electron chi connectivity index (χ0n) is 10.5. The molecule has 0 aromatic carbocycles. The molecular weight excluding hydrogens is 200 g/mol. The van der Waals surface area contributed by atoms with E-state index in [2.05, 4.69) is 17.1 Å². The summed E-state index contributed by atoms with van der Waals surface area (Å²) in [5, 5.41) is 13.2. The van der Waals surface area contributed by atoms with Crippen LogP contribution in [0.4, 0.5) is 0 Å². The van der Waals surface area contributed by atoms with Crippen LogP contribution < -0.4 is 5.32 Å². The molecule has 0 radical (unpaired) electrons. The summed E-state index contributed by atoms with van der Waals surface area (Å²) in [6.07, 6.45) is 6.73. The minimum absolute atomic E-state index is 0.195. The van der Waals surface area contributed by atoms with E-state index in [9.17, 15) is 5.11 Å². The number of aliphatic hydroxyl groups excluding tert-OH is 1. The fourth-order valence-electron chi connectivity index (χ4n) is 3.43. The summed E-state index contributed by atoms with van der Waals surface area (Å²) in [6, 6.07) is 0.782. The number of piperidine rings is 1. The van der Waals surface area contributed by atoms with Crippen molar-refractivity contribution in [2.24, 2.45) is 5.92 Å². The van der Waals surface area contributed by atoms with Crippen molar-refractivity contribution in [3.8, 4) is 0 Å². The molecule has 0 spiro atoms. The highest BCUT2D eigenvalue weighted by molar-refractivity contribution is 4.89. The van der Waals surface area contributed by atoms with Gasteiger partial charge in [-0.1, -0.05) is 13.3 Å². The molecule has 0 amide bonds. The molecule has 2 fully saturated rings. The maximum Gasteiger partial charge on any atom is 0.0791 e. The molecule has 1 heterocycles. The molecule has 1 saturated heterocycles. The van der Waals surface area contributed by atoms with Crippen molar-refractivity contribution in [3.63, 3.8) is 0 Å². The van der Waals surface area contributed by atoms with Crippen molar-refractivity contribution in [3.05, 3.63) is 0 Å². The van der Waals surface area contributed by atoms with Crippen molar-refractivity contribution >= 4 is 0 Å². The predicted octanol–water partition coefficient (Wildman–Crippen LogP) is 1.22. The largest absolute Gasteiger partial charge is 0.390 e. The lowest BCUT2D eigenvalue weighted by Crippen LogP contribution is -2.47. The summed E-state index contributed by atoms with van der Waals surface area (Å²) in [7, 11) is 0. The number of hydrogen-bond acceptors (Lipinski definition) is 3. The smallest absolute Gasteiger partial charge is 0.0791 e. The lowest BCUT2D eigenvalue weighted by molar-refractivity contribution is 0.0513. The number of likely N-dealkylation sites (N-methyl/N-ethyl adjacent to an activating group) is 1. The average Bonchev–Trinajstić information content (AvgIpc) is 2.75. The van der Waals surface area contributed by atoms with Crippen LogP contribution in [0.15, 0.2) is 0 Å². The Morgan fingerprint density at radius 3 is 2.94 bits per heavy atom. The Morgan fingerprint density at radius 1 is 1.31 bits per heavy atom. The Hall–Kier alpha value is -0.120. The van der Waals surface area contributed by atoms with E-state index in [1.165, 1.54) is 38.6 Å². The van der Waals surface area contributed by atoms with Crippen LogP contribution in [0, 0.1) is 5.92 Å². The quantitative estimate of drug-likeness (QED) is 0.740. The molecule has 2 N–H and O–H groups in total. The molecule has 0 aromatic rings. The molecule has 16 heavy (non-hydrogen) atoms. The number of β-amino-alcohol motifs (C(OH)–C–C–N with tert-alkyl or cyclic N) is 1. The predicted molar refractivity (Wildman–Crippen MR) is 66.5 cm³/mol. The minimum Gasteiger partial charge on any atom is -0.390 e. The molecule has 3 heteroatoms. The fourth-order valence-corrected chi connectivity index (χ4v) is 3.43. The zero-order chi connectivity index (χ0) is 11.4. The summed E-state index contributed by atoms with van der Waals surface area (Å²) in [5.41, 5.74) is 0. The van der Waals surface area contributed by atoms with Gasteiger partial charge in [-0.15, -0.1) is 0 Å². The zero-order valence-corrected chi connectivity index (χ0v) is 10.5. The van der Waals surface area contributed by atoms with E-state index in [-0.39, 0.29) is 6.10 Å². The van der Waals surface area contributed by atoms with Gasteiger partial charge in [0.2, 0.25) is 0 Å². The molecule has 1 aliphatic heterocycles. The highest BCUT2D eigenvalue weighted by Crippen LogP contribution is 2.36. The standard InChI is InChI=1S/C13H26N2O/c1-2-14-9-12(16)10-15-8-4-6-11-5-3-7-13(11)15/h11-14,16H,2-10H2,1H3. The highest BCUT2D eigenvalue weighted by atomic mass is 16.3. The van der Waals surface area contributed by atoms with Gasteiger partial charge in [0, 0.05) is 19.1 Å². The summed E-state index contributed by atoms with van der Waals surface area (Å²) in [5.74, 6) is 0.931.